The second-order valence-corrected chi connectivity index (χ2v) is 5.56. The molecule has 6 nitrogen and oxygen atoms in total. The summed E-state index contributed by atoms with van der Waals surface area (Å²) in [4.78, 5) is 17.0. The molecule has 1 aliphatic rings. The lowest BCUT2D eigenvalue weighted by molar-refractivity contribution is 0.0956. The lowest BCUT2D eigenvalue weighted by atomic mass is 10.1. The van der Waals surface area contributed by atoms with Crippen molar-refractivity contribution in [3.63, 3.8) is 0 Å². The zero-order chi connectivity index (χ0) is 16.7. The van der Waals surface area contributed by atoms with Gasteiger partial charge in [-0.2, -0.15) is 0 Å². The summed E-state index contributed by atoms with van der Waals surface area (Å²) in [6.45, 7) is 1.20. The molecule has 3 aromatic rings. The van der Waals surface area contributed by atoms with E-state index in [1.165, 1.54) is 0 Å². The third kappa shape index (κ3) is 2.03. The maximum absolute atomic E-state index is 12.3. The van der Waals surface area contributed by atoms with Gasteiger partial charge in [0.2, 0.25) is 0 Å². The third-order valence-corrected chi connectivity index (χ3v) is 4.28. The van der Waals surface area contributed by atoms with Crippen molar-refractivity contribution in [2.75, 3.05) is 20.8 Å². The van der Waals surface area contributed by atoms with Crippen molar-refractivity contribution in [2.45, 2.75) is 6.54 Å². The fourth-order valence-corrected chi connectivity index (χ4v) is 3.23. The Labute approximate surface area is 139 Å². The molecule has 0 bridgehead atoms. The van der Waals surface area contributed by atoms with E-state index in [0.717, 1.165) is 22.4 Å². The van der Waals surface area contributed by atoms with Crippen molar-refractivity contribution in [3.05, 3.63) is 42.0 Å². The van der Waals surface area contributed by atoms with Crippen LogP contribution < -0.4 is 14.8 Å². The highest BCUT2D eigenvalue weighted by Gasteiger charge is 2.24. The first-order valence-corrected chi connectivity index (χ1v) is 7.73. The molecule has 2 aromatic carbocycles. The van der Waals surface area contributed by atoms with Gasteiger partial charge in [0.15, 0.2) is 11.5 Å². The molecule has 2 heterocycles. The summed E-state index contributed by atoms with van der Waals surface area (Å²) in [5.41, 5.74) is 3.13. The Kier molecular flexibility index (Phi) is 3.37. The van der Waals surface area contributed by atoms with Crippen molar-refractivity contribution >= 4 is 16.9 Å². The highest BCUT2D eigenvalue weighted by molar-refractivity contribution is 6.06. The molecule has 1 N–H and O–H groups in total. The van der Waals surface area contributed by atoms with E-state index in [2.05, 4.69) is 9.88 Å². The van der Waals surface area contributed by atoms with E-state index in [1.54, 1.807) is 14.2 Å². The Morgan fingerprint density at radius 1 is 1.08 bits per heavy atom. The van der Waals surface area contributed by atoms with Crippen LogP contribution in [-0.2, 0) is 6.54 Å². The van der Waals surface area contributed by atoms with Gasteiger partial charge in [-0.3, -0.25) is 4.79 Å². The van der Waals surface area contributed by atoms with Crippen LogP contribution in [-0.4, -0.2) is 36.2 Å². The molecule has 0 spiro atoms. The number of nitrogens with zero attached hydrogens (tertiary/aromatic N) is 2. The topological polar surface area (TPSA) is 65.4 Å². The largest absolute Gasteiger partial charge is 0.493 e. The van der Waals surface area contributed by atoms with Crippen molar-refractivity contribution in [2.24, 2.45) is 0 Å². The summed E-state index contributed by atoms with van der Waals surface area (Å²) < 4.78 is 13.0. The Hall–Kier alpha value is -3.02. The molecule has 0 fully saturated rings. The van der Waals surface area contributed by atoms with E-state index in [1.807, 2.05) is 36.4 Å². The minimum absolute atomic E-state index is 0.0663. The van der Waals surface area contributed by atoms with Crippen molar-refractivity contribution in [1.82, 2.24) is 14.9 Å². The Balaban J connectivity index is 2.04. The Morgan fingerprint density at radius 3 is 2.67 bits per heavy atom. The number of imidazole rings is 1. The van der Waals surface area contributed by atoms with Gasteiger partial charge < -0.3 is 19.4 Å². The molecule has 1 amide bonds. The highest BCUT2D eigenvalue weighted by Crippen LogP contribution is 2.39. The summed E-state index contributed by atoms with van der Waals surface area (Å²) in [6, 6.07) is 11.3. The van der Waals surface area contributed by atoms with Crippen LogP contribution in [0.15, 0.2) is 36.4 Å². The number of hydrogen-bond acceptors (Lipinski definition) is 4. The average Bonchev–Trinajstić information content (AvgIpc) is 2.90. The molecular weight excluding hydrogens is 306 g/mol. The van der Waals surface area contributed by atoms with E-state index in [0.29, 0.717) is 30.2 Å². The summed E-state index contributed by atoms with van der Waals surface area (Å²) in [5, 5.41) is 2.92. The lowest BCUT2D eigenvalue weighted by Crippen LogP contribution is -2.24. The zero-order valence-corrected chi connectivity index (χ0v) is 13.5. The van der Waals surface area contributed by atoms with Crippen LogP contribution in [0.3, 0.4) is 0 Å². The molecule has 0 saturated heterocycles. The zero-order valence-electron chi connectivity index (χ0n) is 13.5. The van der Waals surface area contributed by atoms with Gasteiger partial charge >= 0.3 is 0 Å². The fraction of sp³-hybridized carbons (Fsp3) is 0.222. The lowest BCUT2D eigenvalue weighted by Gasteiger charge is -2.13. The SMILES string of the molecule is COc1cccc(-c2nc3cccc4c3n2CCNC4=O)c1OC. The fourth-order valence-electron chi connectivity index (χ4n) is 3.23. The van der Waals surface area contributed by atoms with Crippen LogP contribution in [0.2, 0.25) is 0 Å². The number of hydrogen-bond donors (Lipinski definition) is 1. The number of ether oxygens (including phenoxy) is 2. The van der Waals surface area contributed by atoms with Crippen molar-refractivity contribution in [1.29, 1.82) is 0 Å². The maximum atomic E-state index is 12.3. The van der Waals surface area contributed by atoms with E-state index in [9.17, 15) is 4.79 Å². The minimum atomic E-state index is -0.0663. The first-order chi connectivity index (χ1) is 11.7. The number of nitrogens with one attached hydrogen (secondary N) is 1. The second kappa shape index (κ2) is 5.56. The van der Waals surface area contributed by atoms with Gasteiger partial charge in [0.05, 0.1) is 36.4 Å². The molecule has 0 saturated carbocycles. The number of rotatable bonds is 3. The minimum Gasteiger partial charge on any atom is -0.493 e. The van der Waals surface area contributed by atoms with Crippen LogP contribution in [0.5, 0.6) is 11.5 Å². The number of methoxy groups -OCH3 is 2. The number of benzene rings is 2. The quantitative estimate of drug-likeness (QED) is 0.804. The molecule has 0 radical (unpaired) electrons. The number of para-hydroxylation sites is 2. The molecule has 4 rings (SSSR count). The first kappa shape index (κ1) is 14.6. The maximum Gasteiger partial charge on any atom is 0.253 e. The number of aromatic nitrogens is 2. The van der Waals surface area contributed by atoms with Crippen LogP contribution in [0.4, 0.5) is 0 Å². The molecular formula is C18H17N3O3. The van der Waals surface area contributed by atoms with Gasteiger partial charge in [-0.05, 0) is 24.3 Å². The van der Waals surface area contributed by atoms with E-state index < -0.39 is 0 Å². The predicted molar refractivity (Wildman–Crippen MR) is 90.6 cm³/mol. The highest BCUT2D eigenvalue weighted by atomic mass is 16.5. The third-order valence-electron chi connectivity index (χ3n) is 4.28. The summed E-state index contributed by atoms with van der Waals surface area (Å²) in [7, 11) is 3.22. The number of carbonyl (C=O) groups excluding carboxylic acids is 1. The molecule has 1 aliphatic heterocycles. The van der Waals surface area contributed by atoms with Crippen LogP contribution in [0, 0.1) is 0 Å². The Bertz CT molecular complexity index is 946. The van der Waals surface area contributed by atoms with Gasteiger partial charge in [-0.15, -0.1) is 0 Å². The average molecular weight is 323 g/mol. The van der Waals surface area contributed by atoms with Crippen molar-refractivity contribution in [3.8, 4) is 22.9 Å². The van der Waals surface area contributed by atoms with Gasteiger partial charge in [0.25, 0.3) is 5.91 Å². The summed E-state index contributed by atoms with van der Waals surface area (Å²) in [5.74, 6) is 1.99. The number of carbonyl (C=O) groups is 1. The van der Waals surface area contributed by atoms with Gasteiger partial charge in [-0.1, -0.05) is 12.1 Å². The van der Waals surface area contributed by atoms with Crippen LogP contribution >= 0.6 is 0 Å². The first-order valence-electron chi connectivity index (χ1n) is 7.73. The summed E-state index contributed by atoms with van der Waals surface area (Å²) in [6.07, 6.45) is 0. The standard InChI is InChI=1S/C18H17N3O3/c1-23-14-8-4-6-12(16(14)24-2)17-20-13-7-3-5-11-15(13)21(17)10-9-19-18(11)22/h3-8H,9-10H2,1-2H3,(H,19,22). The molecule has 24 heavy (non-hydrogen) atoms. The van der Waals surface area contributed by atoms with Crippen LogP contribution in [0.1, 0.15) is 10.4 Å². The second-order valence-electron chi connectivity index (χ2n) is 5.56. The molecule has 0 unspecified atom stereocenters. The van der Waals surface area contributed by atoms with Gasteiger partial charge in [0.1, 0.15) is 5.82 Å². The normalized spacial score (nSPS) is 13.5. The van der Waals surface area contributed by atoms with Crippen LogP contribution in [0.25, 0.3) is 22.4 Å². The number of amides is 1. The Morgan fingerprint density at radius 2 is 1.88 bits per heavy atom. The molecule has 0 atom stereocenters. The van der Waals surface area contributed by atoms with E-state index in [-0.39, 0.29) is 5.91 Å². The van der Waals surface area contributed by atoms with E-state index >= 15 is 0 Å². The molecule has 6 heteroatoms. The van der Waals surface area contributed by atoms with Gasteiger partial charge in [-0.25, -0.2) is 4.98 Å². The summed E-state index contributed by atoms with van der Waals surface area (Å²) >= 11 is 0. The monoisotopic (exact) mass is 323 g/mol. The predicted octanol–water partition coefficient (Wildman–Crippen LogP) is 2.46. The van der Waals surface area contributed by atoms with Crippen molar-refractivity contribution < 1.29 is 14.3 Å². The molecule has 1 aromatic heterocycles. The van der Waals surface area contributed by atoms with E-state index in [4.69, 9.17) is 14.5 Å². The smallest absolute Gasteiger partial charge is 0.253 e. The van der Waals surface area contributed by atoms with Gasteiger partial charge in [0, 0.05) is 13.1 Å². The molecule has 0 aliphatic carbocycles. The molecule has 122 valence electrons.